The van der Waals surface area contributed by atoms with Gasteiger partial charge in [-0.05, 0) is 27.2 Å². The van der Waals surface area contributed by atoms with Crippen molar-refractivity contribution in [1.29, 1.82) is 0 Å². The molecular formula is C12H25NO5S. The van der Waals surface area contributed by atoms with Gasteiger partial charge in [-0.25, -0.2) is 4.79 Å². The van der Waals surface area contributed by atoms with Gasteiger partial charge in [-0.3, -0.25) is 4.18 Å². The van der Waals surface area contributed by atoms with E-state index in [1.165, 1.54) is 0 Å². The topological polar surface area (TPSA) is 81.7 Å². The maximum atomic E-state index is 11.6. The van der Waals surface area contributed by atoms with E-state index in [1.54, 1.807) is 20.8 Å². The van der Waals surface area contributed by atoms with Crippen LogP contribution in [0.3, 0.4) is 0 Å². The lowest BCUT2D eigenvalue weighted by atomic mass is 10.1. The molecule has 0 saturated carbocycles. The highest BCUT2D eigenvalue weighted by Crippen LogP contribution is 2.08. The van der Waals surface area contributed by atoms with Gasteiger partial charge < -0.3 is 10.1 Å². The fraction of sp³-hybridized carbons (Fsp3) is 0.917. The molecule has 0 aliphatic carbocycles. The fourth-order valence-corrected chi connectivity index (χ4v) is 1.74. The van der Waals surface area contributed by atoms with Crippen LogP contribution in [-0.2, 0) is 19.0 Å². The smallest absolute Gasteiger partial charge is 0.407 e. The molecule has 0 aliphatic rings. The first-order chi connectivity index (χ1) is 8.53. The fourth-order valence-electron chi connectivity index (χ4n) is 1.33. The molecule has 0 fully saturated rings. The van der Waals surface area contributed by atoms with Gasteiger partial charge in [0.15, 0.2) is 0 Å². The summed E-state index contributed by atoms with van der Waals surface area (Å²) in [5.41, 5.74) is -0.586. The zero-order chi connectivity index (χ0) is 15.1. The molecule has 0 aliphatic heterocycles. The van der Waals surface area contributed by atoms with Gasteiger partial charge in [0.25, 0.3) is 10.1 Å². The Morgan fingerprint density at radius 2 is 1.89 bits per heavy atom. The maximum absolute atomic E-state index is 11.6. The van der Waals surface area contributed by atoms with Gasteiger partial charge in [0, 0.05) is 0 Å². The molecule has 0 bridgehead atoms. The third-order valence-corrected chi connectivity index (χ3v) is 2.67. The van der Waals surface area contributed by atoms with Crippen LogP contribution in [0.5, 0.6) is 0 Å². The Bertz CT molecular complexity index is 372. The largest absolute Gasteiger partial charge is 0.444 e. The minimum absolute atomic E-state index is 0.0714. The molecule has 1 atom stereocenters. The summed E-state index contributed by atoms with van der Waals surface area (Å²) in [6, 6.07) is -0.371. The van der Waals surface area contributed by atoms with E-state index in [1.807, 2.05) is 6.92 Å². The van der Waals surface area contributed by atoms with Gasteiger partial charge in [-0.1, -0.05) is 19.8 Å². The van der Waals surface area contributed by atoms with Crippen LogP contribution in [-0.4, -0.2) is 39.0 Å². The highest BCUT2D eigenvalue weighted by Gasteiger charge is 2.20. The molecule has 0 spiro atoms. The van der Waals surface area contributed by atoms with Crippen LogP contribution in [0.1, 0.15) is 47.0 Å². The Hall–Kier alpha value is -0.820. The molecule has 0 aromatic heterocycles. The quantitative estimate of drug-likeness (QED) is 0.727. The first-order valence-corrected chi connectivity index (χ1v) is 8.19. The highest BCUT2D eigenvalue weighted by atomic mass is 32.2. The van der Waals surface area contributed by atoms with Crippen LogP contribution >= 0.6 is 0 Å². The molecule has 0 saturated heterocycles. The number of hydrogen-bond donors (Lipinski definition) is 1. The SMILES string of the molecule is CCCC[C@H](COS(C)(=O)=O)NC(=O)OC(C)(C)C. The van der Waals surface area contributed by atoms with E-state index in [4.69, 9.17) is 8.92 Å². The Morgan fingerprint density at radius 1 is 1.32 bits per heavy atom. The highest BCUT2D eigenvalue weighted by molar-refractivity contribution is 7.85. The Balaban J connectivity index is 4.37. The van der Waals surface area contributed by atoms with Crippen molar-refractivity contribution in [2.45, 2.75) is 58.6 Å². The lowest BCUT2D eigenvalue weighted by Gasteiger charge is -2.23. The molecule has 0 radical (unpaired) electrons. The summed E-state index contributed by atoms with van der Waals surface area (Å²) in [6.45, 7) is 7.24. The monoisotopic (exact) mass is 295 g/mol. The zero-order valence-electron chi connectivity index (χ0n) is 12.4. The maximum Gasteiger partial charge on any atom is 0.407 e. The number of carbonyl (C=O) groups excluding carboxylic acids is 1. The summed E-state index contributed by atoms with van der Waals surface area (Å²) in [4.78, 5) is 11.6. The van der Waals surface area contributed by atoms with Crippen molar-refractivity contribution in [3.05, 3.63) is 0 Å². The normalized spacial score (nSPS) is 13.9. The molecule has 7 heteroatoms. The van der Waals surface area contributed by atoms with E-state index in [0.717, 1.165) is 19.1 Å². The Kier molecular flexibility index (Phi) is 7.36. The van der Waals surface area contributed by atoms with Crippen molar-refractivity contribution < 1.29 is 22.1 Å². The first kappa shape index (κ1) is 18.2. The summed E-state index contributed by atoms with van der Waals surface area (Å²) >= 11 is 0. The van der Waals surface area contributed by atoms with Gasteiger partial charge in [0.05, 0.1) is 18.9 Å². The van der Waals surface area contributed by atoms with Crippen LogP contribution in [0.4, 0.5) is 4.79 Å². The van der Waals surface area contributed by atoms with E-state index in [9.17, 15) is 13.2 Å². The molecule has 0 aromatic rings. The van der Waals surface area contributed by atoms with E-state index < -0.39 is 21.8 Å². The predicted molar refractivity (Wildman–Crippen MR) is 73.5 cm³/mol. The van der Waals surface area contributed by atoms with Crippen LogP contribution in [0.25, 0.3) is 0 Å². The number of hydrogen-bond acceptors (Lipinski definition) is 5. The second-order valence-electron chi connectivity index (χ2n) is 5.47. The third-order valence-electron chi connectivity index (χ3n) is 2.11. The lowest BCUT2D eigenvalue weighted by Crippen LogP contribution is -2.41. The van der Waals surface area contributed by atoms with Crippen LogP contribution in [0, 0.1) is 0 Å². The Morgan fingerprint density at radius 3 is 2.32 bits per heavy atom. The van der Waals surface area contributed by atoms with Gasteiger partial charge in [0.1, 0.15) is 5.60 Å². The molecule has 19 heavy (non-hydrogen) atoms. The summed E-state index contributed by atoms with van der Waals surface area (Å²) < 4.78 is 31.8. The molecule has 6 nitrogen and oxygen atoms in total. The lowest BCUT2D eigenvalue weighted by molar-refractivity contribution is 0.0484. The van der Waals surface area contributed by atoms with Crippen LogP contribution < -0.4 is 5.32 Å². The van der Waals surface area contributed by atoms with E-state index >= 15 is 0 Å². The van der Waals surface area contributed by atoms with E-state index in [-0.39, 0.29) is 12.6 Å². The molecule has 114 valence electrons. The summed E-state index contributed by atoms with van der Waals surface area (Å²) in [5, 5.41) is 2.63. The number of amides is 1. The molecule has 1 N–H and O–H groups in total. The van der Waals surface area contributed by atoms with Gasteiger partial charge in [0.2, 0.25) is 0 Å². The van der Waals surface area contributed by atoms with Gasteiger partial charge >= 0.3 is 6.09 Å². The average molecular weight is 295 g/mol. The van der Waals surface area contributed by atoms with Gasteiger partial charge in [-0.15, -0.1) is 0 Å². The molecule has 0 rings (SSSR count). The number of unbranched alkanes of at least 4 members (excludes halogenated alkanes) is 1. The van der Waals surface area contributed by atoms with Crippen molar-refractivity contribution in [1.82, 2.24) is 5.32 Å². The molecular weight excluding hydrogens is 270 g/mol. The van der Waals surface area contributed by atoms with Gasteiger partial charge in [-0.2, -0.15) is 8.42 Å². The van der Waals surface area contributed by atoms with Crippen molar-refractivity contribution >= 4 is 16.2 Å². The number of rotatable bonds is 7. The molecule has 1 amide bonds. The second-order valence-corrected chi connectivity index (χ2v) is 7.12. The number of nitrogens with one attached hydrogen (secondary N) is 1. The standard InChI is InChI=1S/C12H25NO5S/c1-6-7-8-10(9-17-19(5,15)16)13-11(14)18-12(2,3)4/h10H,6-9H2,1-5H3,(H,13,14)/t10-/m1/s1. The average Bonchev–Trinajstić information content (AvgIpc) is 2.18. The van der Waals surface area contributed by atoms with Crippen molar-refractivity contribution in [2.75, 3.05) is 12.9 Å². The molecule has 0 heterocycles. The van der Waals surface area contributed by atoms with Crippen LogP contribution in [0.15, 0.2) is 0 Å². The summed E-state index contributed by atoms with van der Waals surface area (Å²) in [7, 11) is -3.51. The third kappa shape index (κ3) is 12.0. The van der Waals surface area contributed by atoms with Crippen molar-refractivity contribution in [3.8, 4) is 0 Å². The molecule has 0 aromatic carbocycles. The van der Waals surface area contributed by atoms with Crippen molar-refractivity contribution in [2.24, 2.45) is 0 Å². The first-order valence-electron chi connectivity index (χ1n) is 6.37. The minimum Gasteiger partial charge on any atom is -0.444 e. The molecule has 0 unspecified atom stereocenters. The van der Waals surface area contributed by atoms with E-state index in [2.05, 4.69) is 5.32 Å². The van der Waals surface area contributed by atoms with Crippen LogP contribution in [0.2, 0.25) is 0 Å². The Labute approximate surface area is 116 Å². The predicted octanol–water partition coefficient (Wildman–Crippen LogP) is 2.05. The zero-order valence-corrected chi connectivity index (χ0v) is 13.2. The number of carbonyl (C=O) groups is 1. The summed E-state index contributed by atoms with van der Waals surface area (Å²) in [6.07, 6.45) is 2.88. The number of alkyl carbamates (subject to hydrolysis) is 1. The van der Waals surface area contributed by atoms with E-state index in [0.29, 0.717) is 6.42 Å². The number of ether oxygens (including phenoxy) is 1. The minimum atomic E-state index is -3.51. The second kappa shape index (κ2) is 7.69. The van der Waals surface area contributed by atoms with Crippen molar-refractivity contribution in [3.63, 3.8) is 0 Å². The summed E-state index contributed by atoms with van der Waals surface area (Å²) in [5.74, 6) is 0.